The van der Waals surface area contributed by atoms with Gasteiger partial charge in [0.2, 0.25) is 0 Å². The fourth-order valence-corrected chi connectivity index (χ4v) is 3.06. The second-order valence-corrected chi connectivity index (χ2v) is 5.92. The molecule has 0 bridgehead atoms. The maximum absolute atomic E-state index is 13.1. The zero-order valence-corrected chi connectivity index (χ0v) is 11.9. The van der Waals surface area contributed by atoms with Crippen LogP contribution in [-0.2, 0) is 10.0 Å². The van der Waals surface area contributed by atoms with Crippen LogP contribution in [0.4, 0.5) is 10.1 Å². The molecule has 0 saturated heterocycles. The number of halogens is 1. The molecule has 0 amide bonds. The molecule has 0 heterocycles. The monoisotopic (exact) mass is 295 g/mol. The fraction of sp³-hybridized carbons (Fsp3) is 0.143. The van der Waals surface area contributed by atoms with Crippen LogP contribution in [0.5, 0.6) is 5.75 Å². The van der Waals surface area contributed by atoms with Crippen molar-refractivity contribution in [3.63, 3.8) is 0 Å². The van der Waals surface area contributed by atoms with Crippen molar-refractivity contribution in [1.82, 2.24) is 0 Å². The van der Waals surface area contributed by atoms with E-state index in [2.05, 4.69) is 4.72 Å². The lowest BCUT2D eigenvalue weighted by molar-refractivity contribution is 0.402. The third-order valence-corrected chi connectivity index (χ3v) is 4.09. The molecule has 6 heteroatoms. The number of nitrogens with one attached hydrogen (secondary N) is 1. The second kappa shape index (κ2) is 5.50. The summed E-state index contributed by atoms with van der Waals surface area (Å²) in [5.74, 6) is -0.277. The standard InChI is InChI=1S/C14H14FNO3S/c1-10-6-7-13(19-2)14(8-10)20(17,18)16-12-5-3-4-11(15)9-12/h3-9,16H,1-2H3. The van der Waals surface area contributed by atoms with Gasteiger partial charge in [-0.3, -0.25) is 4.72 Å². The number of ether oxygens (including phenoxy) is 1. The average molecular weight is 295 g/mol. The van der Waals surface area contributed by atoms with E-state index in [1.54, 1.807) is 19.1 Å². The fourth-order valence-electron chi connectivity index (χ4n) is 1.76. The van der Waals surface area contributed by atoms with Gasteiger partial charge in [-0.1, -0.05) is 12.1 Å². The van der Waals surface area contributed by atoms with Crippen LogP contribution in [0.25, 0.3) is 0 Å². The lowest BCUT2D eigenvalue weighted by atomic mass is 10.2. The van der Waals surface area contributed by atoms with Gasteiger partial charge in [0.05, 0.1) is 12.8 Å². The molecule has 2 rings (SSSR count). The number of benzene rings is 2. The zero-order chi connectivity index (χ0) is 14.8. The lowest BCUT2D eigenvalue weighted by Crippen LogP contribution is -2.14. The summed E-state index contributed by atoms with van der Waals surface area (Å²) in [5, 5.41) is 0. The van der Waals surface area contributed by atoms with Crippen LogP contribution in [0.1, 0.15) is 5.56 Å². The molecule has 0 radical (unpaired) electrons. The number of methoxy groups -OCH3 is 1. The summed E-state index contributed by atoms with van der Waals surface area (Å²) >= 11 is 0. The Bertz CT molecular complexity index is 729. The van der Waals surface area contributed by atoms with Crippen LogP contribution in [0, 0.1) is 12.7 Å². The number of rotatable bonds is 4. The quantitative estimate of drug-likeness (QED) is 0.943. The Morgan fingerprint density at radius 3 is 2.55 bits per heavy atom. The smallest absolute Gasteiger partial charge is 0.265 e. The number of anilines is 1. The van der Waals surface area contributed by atoms with Gasteiger partial charge in [-0.25, -0.2) is 12.8 Å². The van der Waals surface area contributed by atoms with E-state index in [4.69, 9.17) is 4.74 Å². The molecular formula is C14H14FNO3S. The molecule has 0 unspecified atom stereocenters. The normalized spacial score (nSPS) is 11.2. The van der Waals surface area contributed by atoms with E-state index in [1.165, 1.54) is 31.4 Å². The Balaban J connectivity index is 2.43. The second-order valence-electron chi connectivity index (χ2n) is 4.27. The summed E-state index contributed by atoms with van der Waals surface area (Å²) in [4.78, 5) is 0.0178. The van der Waals surface area contributed by atoms with Crippen LogP contribution in [0.2, 0.25) is 0 Å². The van der Waals surface area contributed by atoms with Crippen molar-refractivity contribution >= 4 is 15.7 Å². The molecule has 0 aromatic heterocycles. The summed E-state index contributed by atoms with van der Waals surface area (Å²) < 4.78 is 45.1. The molecule has 0 aliphatic carbocycles. The third kappa shape index (κ3) is 3.08. The number of hydrogen-bond acceptors (Lipinski definition) is 3. The van der Waals surface area contributed by atoms with Crippen molar-refractivity contribution in [2.24, 2.45) is 0 Å². The summed E-state index contributed by atoms with van der Waals surface area (Å²) in [6, 6.07) is 10.1. The Kier molecular flexibility index (Phi) is 3.94. The predicted molar refractivity (Wildman–Crippen MR) is 74.9 cm³/mol. The molecule has 2 aromatic carbocycles. The lowest BCUT2D eigenvalue weighted by Gasteiger charge is -2.12. The highest BCUT2D eigenvalue weighted by Crippen LogP contribution is 2.26. The van der Waals surface area contributed by atoms with Gasteiger partial charge in [0.25, 0.3) is 10.0 Å². The minimum atomic E-state index is -3.84. The molecule has 0 saturated carbocycles. The van der Waals surface area contributed by atoms with Crippen LogP contribution in [0.15, 0.2) is 47.4 Å². The largest absolute Gasteiger partial charge is 0.495 e. The molecule has 0 spiro atoms. The number of aryl methyl sites for hydroxylation is 1. The minimum absolute atomic E-state index is 0.0178. The molecule has 4 nitrogen and oxygen atoms in total. The van der Waals surface area contributed by atoms with Crippen molar-refractivity contribution in [2.75, 3.05) is 11.8 Å². The summed E-state index contributed by atoms with van der Waals surface area (Å²) in [5.41, 5.74) is 0.943. The molecule has 2 aromatic rings. The highest BCUT2D eigenvalue weighted by atomic mass is 32.2. The maximum atomic E-state index is 13.1. The van der Waals surface area contributed by atoms with Crippen molar-refractivity contribution in [1.29, 1.82) is 0 Å². The van der Waals surface area contributed by atoms with E-state index < -0.39 is 15.8 Å². The highest BCUT2D eigenvalue weighted by molar-refractivity contribution is 7.92. The predicted octanol–water partition coefficient (Wildman–Crippen LogP) is 2.94. The minimum Gasteiger partial charge on any atom is -0.495 e. The molecule has 20 heavy (non-hydrogen) atoms. The third-order valence-electron chi connectivity index (χ3n) is 2.69. The Morgan fingerprint density at radius 2 is 1.90 bits per heavy atom. The number of hydrogen-bond donors (Lipinski definition) is 1. The summed E-state index contributed by atoms with van der Waals surface area (Å²) in [6.45, 7) is 1.78. The van der Waals surface area contributed by atoms with Gasteiger partial charge in [-0.15, -0.1) is 0 Å². The zero-order valence-electron chi connectivity index (χ0n) is 11.1. The van der Waals surface area contributed by atoms with E-state index in [-0.39, 0.29) is 16.3 Å². The van der Waals surface area contributed by atoms with Crippen LogP contribution in [0.3, 0.4) is 0 Å². The van der Waals surface area contributed by atoms with E-state index in [0.717, 1.165) is 11.6 Å². The average Bonchev–Trinajstić information content (AvgIpc) is 2.38. The molecule has 0 fully saturated rings. The highest BCUT2D eigenvalue weighted by Gasteiger charge is 2.19. The van der Waals surface area contributed by atoms with Gasteiger partial charge in [0, 0.05) is 0 Å². The van der Waals surface area contributed by atoms with E-state index in [0.29, 0.717) is 0 Å². The summed E-state index contributed by atoms with van der Waals surface area (Å²) in [7, 11) is -2.44. The first kappa shape index (κ1) is 14.3. The van der Waals surface area contributed by atoms with Crippen molar-refractivity contribution in [3.05, 3.63) is 53.8 Å². The first-order chi connectivity index (χ1) is 9.42. The van der Waals surface area contributed by atoms with E-state index >= 15 is 0 Å². The van der Waals surface area contributed by atoms with Crippen molar-refractivity contribution in [2.45, 2.75) is 11.8 Å². The summed E-state index contributed by atoms with van der Waals surface area (Å²) in [6.07, 6.45) is 0. The van der Waals surface area contributed by atoms with Crippen molar-refractivity contribution in [3.8, 4) is 5.75 Å². The molecule has 1 N–H and O–H groups in total. The molecule has 0 aliphatic heterocycles. The van der Waals surface area contributed by atoms with E-state index in [9.17, 15) is 12.8 Å². The van der Waals surface area contributed by atoms with Gasteiger partial charge in [-0.05, 0) is 42.8 Å². The SMILES string of the molecule is COc1ccc(C)cc1S(=O)(=O)Nc1cccc(F)c1. The van der Waals surface area contributed by atoms with Crippen LogP contribution < -0.4 is 9.46 Å². The molecule has 0 atom stereocenters. The van der Waals surface area contributed by atoms with Gasteiger partial charge in [0.1, 0.15) is 16.5 Å². The van der Waals surface area contributed by atoms with Gasteiger partial charge in [-0.2, -0.15) is 0 Å². The van der Waals surface area contributed by atoms with Gasteiger partial charge in [0.15, 0.2) is 0 Å². The first-order valence-corrected chi connectivity index (χ1v) is 7.34. The molecule has 0 aliphatic rings. The van der Waals surface area contributed by atoms with Gasteiger partial charge >= 0.3 is 0 Å². The van der Waals surface area contributed by atoms with Gasteiger partial charge < -0.3 is 4.74 Å². The van der Waals surface area contributed by atoms with Crippen molar-refractivity contribution < 1.29 is 17.5 Å². The Labute approximate surface area is 117 Å². The molecule has 106 valence electrons. The van der Waals surface area contributed by atoms with Crippen LogP contribution >= 0.6 is 0 Å². The first-order valence-electron chi connectivity index (χ1n) is 5.85. The Hall–Kier alpha value is -2.08. The topological polar surface area (TPSA) is 55.4 Å². The Morgan fingerprint density at radius 1 is 1.15 bits per heavy atom. The van der Waals surface area contributed by atoms with E-state index in [1.807, 2.05) is 0 Å². The molecular weight excluding hydrogens is 281 g/mol. The number of sulfonamides is 1. The maximum Gasteiger partial charge on any atom is 0.265 e. The van der Waals surface area contributed by atoms with Crippen LogP contribution in [-0.4, -0.2) is 15.5 Å².